The second kappa shape index (κ2) is 6.34. The van der Waals surface area contributed by atoms with Gasteiger partial charge in [0.05, 0.1) is 19.2 Å². The molecule has 116 valence electrons. The maximum Gasteiger partial charge on any atom is 0.305 e. The van der Waals surface area contributed by atoms with Crippen molar-refractivity contribution >= 4 is 22.4 Å². The van der Waals surface area contributed by atoms with Crippen LogP contribution in [0, 0.1) is 17.8 Å². The van der Waals surface area contributed by atoms with Crippen molar-refractivity contribution in [3.63, 3.8) is 0 Å². The minimum Gasteiger partial charge on any atom is -0.469 e. The molecule has 2 bridgehead atoms. The van der Waals surface area contributed by atoms with Crippen LogP contribution in [-0.4, -0.2) is 31.7 Å². The molecule has 1 aromatic rings. The number of anilines is 1. The molecule has 0 spiro atoms. The Morgan fingerprint density at radius 3 is 3.00 bits per heavy atom. The predicted octanol–water partition coefficient (Wildman–Crippen LogP) is 3.12. The van der Waals surface area contributed by atoms with E-state index in [1.54, 1.807) is 11.3 Å². The van der Waals surface area contributed by atoms with E-state index in [0.717, 1.165) is 35.1 Å². The van der Waals surface area contributed by atoms with Crippen LogP contribution in [0.3, 0.4) is 0 Å². The van der Waals surface area contributed by atoms with Gasteiger partial charge in [-0.15, -0.1) is 11.3 Å². The summed E-state index contributed by atoms with van der Waals surface area (Å²) in [5, 5.41) is 3.15. The summed E-state index contributed by atoms with van der Waals surface area (Å²) in [4.78, 5) is 18.1. The van der Waals surface area contributed by atoms with E-state index in [1.807, 2.05) is 0 Å². The summed E-state index contributed by atoms with van der Waals surface area (Å²) in [5.41, 5.74) is 1.00. The van der Waals surface area contributed by atoms with E-state index in [0.29, 0.717) is 12.8 Å². The highest BCUT2D eigenvalue weighted by Crippen LogP contribution is 2.48. The van der Waals surface area contributed by atoms with Gasteiger partial charge in [0.15, 0.2) is 5.13 Å². The average molecular weight is 308 g/mol. The lowest BCUT2D eigenvalue weighted by Gasteiger charge is -2.26. The van der Waals surface area contributed by atoms with Crippen LogP contribution in [-0.2, 0) is 16.0 Å². The zero-order valence-corrected chi connectivity index (χ0v) is 13.7. The van der Waals surface area contributed by atoms with Gasteiger partial charge in [-0.1, -0.05) is 6.42 Å². The highest BCUT2D eigenvalue weighted by Gasteiger charge is 2.39. The van der Waals surface area contributed by atoms with Gasteiger partial charge in [0.25, 0.3) is 0 Å². The standard InChI is InChI=1S/C16H24N2O2S/c1-18(9-13-8-11-3-4-12(13)7-11)16-17-14(10-21-16)5-6-15(19)20-2/h10-13H,3-9H2,1-2H3. The van der Waals surface area contributed by atoms with Crippen LogP contribution in [0.2, 0.25) is 0 Å². The number of methoxy groups -OCH3 is 1. The maximum absolute atomic E-state index is 11.2. The largest absolute Gasteiger partial charge is 0.469 e. The van der Waals surface area contributed by atoms with E-state index in [1.165, 1.54) is 32.8 Å². The van der Waals surface area contributed by atoms with Crippen LogP contribution in [0.5, 0.6) is 0 Å². The van der Waals surface area contributed by atoms with Gasteiger partial charge in [-0.2, -0.15) is 0 Å². The molecule has 21 heavy (non-hydrogen) atoms. The number of nitrogens with zero attached hydrogens (tertiary/aromatic N) is 2. The smallest absolute Gasteiger partial charge is 0.305 e. The van der Waals surface area contributed by atoms with Crippen molar-refractivity contribution in [1.29, 1.82) is 0 Å². The van der Waals surface area contributed by atoms with E-state index in [-0.39, 0.29) is 5.97 Å². The number of fused-ring (bicyclic) bond motifs is 2. The second-order valence-corrected chi connectivity index (χ2v) is 7.35. The molecule has 3 atom stereocenters. The van der Waals surface area contributed by atoms with Crippen molar-refractivity contribution < 1.29 is 9.53 Å². The molecule has 0 aromatic carbocycles. The number of aromatic nitrogens is 1. The third-order valence-electron chi connectivity index (χ3n) is 5.07. The van der Waals surface area contributed by atoms with Gasteiger partial charge in [0.2, 0.25) is 0 Å². The van der Waals surface area contributed by atoms with Gasteiger partial charge in [-0.25, -0.2) is 4.98 Å². The molecular weight excluding hydrogens is 284 g/mol. The Morgan fingerprint density at radius 1 is 1.48 bits per heavy atom. The summed E-state index contributed by atoms with van der Waals surface area (Å²) in [6, 6.07) is 0. The minimum atomic E-state index is -0.167. The van der Waals surface area contributed by atoms with Crippen LogP contribution in [0.4, 0.5) is 5.13 Å². The lowest BCUT2D eigenvalue weighted by Crippen LogP contribution is -2.28. The number of rotatable bonds is 6. The number of hydrogen-bond acceptors (Lipinski definition) is 5. The fourth-order valence-electron chi connectivity index (χ4n) is 3.95. The van der Waals surface area contributed by atoms with Crippen LogP contribution >= 0.6 is 11.3 Å². The first-order chi connectivity index (χ1) is 10.2. The normalized spacial score (nSPS) is 27.0. The van der Waals surface area contributed by atoms with E-state index < -0.39 is 0 Å². The van der Waals surface area contributed by atoms with Gasteiger partial charge < -0.3 is 9.64 Å². The van der Waals surface area contributed by atoms with Crippen molar-refractivity contribution in [2.45, 2.75) is 38.5 Å². The molecule has 1 heterocycles. The van der Waals surface area contributed by atoms with Crippen molar-refractivity contribution in [2.24, 2.45) is 17.8 Å². The zero-order chi connectivity index (χ0) is 14.8. The number of esters is 1. The Balaban J connectivity index is 1.52. The number of ether oxygens (including phenoxy) is 1. The third kappa shape index (κ3) is 3.39. The predicted molar refractivity (Wildman–Crippen MR) is 84.7 cm³/mol. The van der Waals surface area contributed by atoms with Gasteiger partial charge in [0, 0.05) is 25.4 Å². The van der Waals surface area contributed by atoms with Crippen molar-refractivity contribution in [2.75, 3.05) is 25.6 Å². The average Bonchev–Trinajstić information content (AvgIpc) is 3.20. The monoisotopic (exact) mass is 308 g/mol. The highest BCUT2D eigenvalue weighted by molar-refractivity contribution is 7.13. The Morgan fingerprint density at radius 2 is 2.33 bits per heavy atom. The van der Waals surface area contributed by atoms with E-state index in [4.69, 9.17) is 0 Å². The first-order valence-electron chi connectivity index (χ1n) is 7.88. The summed E-state index contributed by atoms with van der Waals surface area (Å²) in [7, 11) is 3.58. The molecule has 3 unspecified atom stereocenters. The van der Waals surface area contributed by atoms with E-state index >= 15 is 0 Å². The highest BCUT2D eigenvalue weighted by atomic mass is 32.1. The molecule has 1 aromatic heterocycles. The van der Waals surface area contributed by atoms with Crippen molar-refractivity contribution in [3.8, 4) is 0 Å². The number of aryl methyl sites for hydroxylation is 1. The lowest BCUT2D eigenvalue weighted by molar-refractivity contribution is -0.140. The van der Waals surface area contributed by atoms with Gasteiger partial charge in [-0.05, 0) is 37.0 Å². The van der Waals surface area contributed by atoms with Crippen LogP contribution in [0.1, 0.15) is 37.8 Å². The van der Waals surface area contributed by atoms with Crippen molar-refractivity contribution in [3.05, 3.63) is 11.1 Å². The summed E-state index contributed by atoms with van der Waals surface area (Å²) in [6.07, 6.45) is 6.85. The first-order valence-corrected chi connectivity index (χ1v) is 8.76. The lowest BCUT2D eigenvalue weighted by atomic mass is 9.88. The zero-order valence-electron chi connectivity index (χ0n) is 12.9. The molecule has 0 saturated heterocycles. The van der Waals surface area contributed by atoms with Gasteiger partial charge in [0.1, 0.15) is 0 Å². The topological polar surface area (TPSA) is 42.4 Å². The summed E-state index contributed by atoms with van der Waals surface area (Å²) >= 11 is 1.68. The summed E-state index contributed by atoms with van der Waals surface area (Å²) in [6.45, 7) is 1.13. The molecule has 0 aliphatic heterocycles. The number of thiazole rings is 1. The minimum absolute atomic E-state index is 0.167. The molecule has 2 aliphatic rings. The SMILES string of the molecule is COC(=O)CCc1csc(N(C)CC2CC3CCC2C3)n1. The molecule has 0 amide bonds. The molecule has 5 heteroatoms. The molecule has 0 N–H and O–H groups in total. The number of carbonyl (C=O) groups excluding carboxylic acids is 1. The molecular formula is C16H24N2O2S. The van der Waals surface area contributed by atoms with E-state index in [9.17, 15) is 4.79 Å². The molecule has 2 aliphatic carbocycles. The van der Waals surface area contributed by atoms with E-state index in [2.05, 4.69) is 27.0 Å². The van der Waals surface area contributed by atoms with Crippen LogP contribution in [0.15, 0.2) is 5.38 Å². The Bertz CT molecular complexity index is 502. The van der Waals surface area contributed by atoms with Crippen molar-refractivity contribution in [1.82, 2.24) is 4.98 Å². The first kappa shape index (κ1) is 14.8. The van der Waals surface area contributed by atoms with Crippen LogP contribution < -0.4 is 4.90 Å². The fourth-order valence-corrected chi connectivity index (χ4v) is 4.78. The number of carbonyl (C=O) groups is 1. The molecule has 0 radical (unpaired) electrons. The molecule has 3 rings (SSSR count). The Kier molecular flexibility index (Phi) is 4.48. The van der Waals surface area contributed by atoms with Crippen LogP contribution in [0.25, 0.3) is 0 Å². The molecule has 2 fully saturated rings. The Labute approximate surface area is 130 Å². The summed E-state index contributed by atoms with van der Waals surface area (Å²) < 4.78 is 4.67. The second-order valence-electron chi connectivity index (χ2n) is 6.51. The molecule has 4 nitrogen and oxygen atoms in total. The third-order valence-corrected chi connectivity index (χ3v) is 6.08. The quantitative estimate of drug-likeness (QED) is 0.757. The van der Waals surface area contributed by atoms with Gasteiger partial charge >= 0.3 is 5.97 Å². The Hall–Kier alpha value is -1.10. The van der Waals surface area contributed by atoms with Gasteiger partial charge in [-0.3, -0.25) is 4.79 Å². The summed E-state index contributed by atoms with van der Waals surface area (Å²) in [5.74, 6) is 2.65. The molecule has 2 saturated carbocycles. The fraction of sp³-hybridized carbons (Fsp3) is 0.750. The number of hydrogen-bond donors (Lipinski definition) is 0. The maximum atomic E-state index is 11.2.